The monoisotopic (exact) mass is 1040 g/mol. The molecule has 0 fully saturated rings. The van der Waals surface area contributed by atoms with Crippen molar-refractivity contribution in [3.8, 4) is 67.5 Å². The Bertz CT molecular complexity index is 3100. The number of aromatic hydroxyl groups is 1. The number of benzene rings is 6. The molecule has 0 atom stereocenters. The molecule has 8 rings (SSSR count). The molecule has 336 valence electrons. The number of para-hydroxylation sites is 1. The maximum absolute atomic E-state index is 12.5. The minimum absolute atomic E-state index is 0. The van der Waals surface area contributed by atoms with Gasteiger partial charge in [0.05, 0.1) is 22.3 Å². The van der Waals surface area contributed by atoms with Crippen molar-refractivity contribution >= 4 is 11.0 Å². The third kappa shape index (κ3) is 9.57. The number of phenols is 1. The SMILES string of the molecule is [2H]C(C)(C)c1ccc(-c2ccnc(-c3[c-]c(-c4cccc5c4nc(-c4cc(C(C)(C)C)cc(C(C)(C)C)c4O)n5-c4ccc(C([2H])(C)C)cc4-c4ccccc4)cc(C(C)(C)C)c3)c2)cc1.[Pt]. The summed E-state index contributed by atoms with van der Waals surface area (Å²) in [6, 6.07) is 47.9. The fourth-order valence-electron chi connectivity index (χ4n) is 8.48. The Morgan fingerprint density at radius 2 is 1.20 bits per heavy atom. The Labute approximate surface area is 405 Å². The number of pyridine rings is 1. The van der Waals surface area contributed by atoms with Crippen LogP contribution in [0.5, 0.6) is 5.75 Å². The predicted molar refractivity (Wildman–Crippen MR) is 271 cm³/mol. The van der Waals surface area contributed by atoms with Crippen LogP contribution in [0.4, 0.5) is 0 Å². The molecule has 0 unspecified atom stereocenters. The van der Waals surface area contributed by atoms with E-state index in [-0.39, 0.29) is 43.1 Å². The molecule has 2 heterocycles. The normalized spacial score (nSPS) is 13.1. The topological polar surface area (TPSA) is 50.9 Å². The summed E-state index contributed by atoms with van der Waals surface area (Å²) in [5, 5.41) is 12.5. The van der Waals surface area contributed by atoms with Crippen molar-refractivity contribution in [2.24, 2.45) is 0 Å². The maximum atomic E-state index is 12.5. The Balaban J connectivity index is 0.00000666. The third-order valence-corrected chi connectivity index (χ3v) is 12.5. The summed E-state index contributed by atoms with van der Waals surface area (Å²) < 4.78 is 19.8. The van der Waals surface area contributed by atoms with Crippen LogP contribution >= 0.6 is 0 Å². The number of rotatable bonds is 8. The first-order valence-corrected chi connectivity index (χ1v) is 22.5. The second-order valence-corrected chi connectivity index (χ2v) is 20.9. The summed E-state index contributed by atoms with van der Waals surface area (Å²) in [6.07, 6.45) is 1.86. The summed E-state index contributed by atoms with van der Waals surface area (Å²) in [5.74, 6) is -0.671. The number of fused-ring (bicyclic) bond motifs is 1. The van der Waals surface area contributed by atoms with Crippen molar-refractivity contribution in [1.82, 2.24) is 14.5 Å². The van der Waals surface area contributed by atoms with Gasteiger partial charge in [-0.3, -0.25) is 9.55 Å². The van der Waals surface area contributed by atoms with E-state index in [1.807, 2.05) is 70.3 Å². The van der Waals surface area contributed by atoms with Gasteiger partial charge in [0.25, 0.3) is 0 Å². The average Bonchev–Trinajstić information content (AvgIpc) is 3.64. The van der Waals surface area contributed by atoms with Crippen LogP contribution in [0.2, 0.25) is 0 Å². The second kappa shape index (κ2) is 18.0. The largest absolute Gasteiger partial charge is 0.507 e. The second-order valence-electron chi connectivity index (χ2n) is 20.9. The molecule has 2 aromatic heterocycles. The van der Waals surface area contributed by atoms with E-state index >= 15 is 0 Å². The zero-order chi connectivity index (χ0) is 47.7. The number of imidazole rings is 1. The van der Waals surface area contributed by atoms with Gasteiger partial charge in [-0.1, -0.05) is 186 Å². The predicted octanol–water partition coefficient (Wildman–Crippen LogP) is 16.4. The van der Waals surface area contributed by atoms with Gasteiger partial charge in [-0.2, -0.15) is 0 Å². The zero-order valence-corrected chi connectivity index (χ0v) is 42.6. The number of nitrogens with zero attached hydrogens (tertiary/aromatic N) is 3. The van der Waals surface area contributed by atoms with Crippen molar-refractivity contribution in [1.29, 1.82) is 0 Å². The van der Waals surface area contributed by atoms with Gasteiger partial charge in [-0.15, -0.1) is 29.3 Å². The van der Waals surface area contributed by atoms with E-state index in [1.54, 1.807) is 0 Å². The van der Waals surface area contributed by atoms with E-state index in [0.717, 1.165) is 89.2 Å². The number of aromatic nitrogens is 3. The molecule has 0 radical (unpaired) electrons. The van der Waals surface area contributed by atoms with Crippen LogP contribution in [0, 0.1) is 6.07 Å². The van der Waals surface area contributed by atoms with Gasteiger partial charge in [-0.05, 0) is 91.7 Å². The molecule has 0 aliphatic heterocycles. The molecule has 0 aliphatic rings. The molecule has 1 N–H and O–H groups in total. The summed E-state index contributed by atoms with van der Waals surface area (Å²) in [6.45, 7) is 27.4. The van der Waals surface area contributed by atoms with Crippen LogP contribution < -0.4 is 0 Å². The molecule has 6 aromatic carbocycles. The average molecular weight is 1040 g/mol. The Kier molecular flexibility index (Phi) is 12.4. The smallest absolute Gasteiger partial charge is 0.148 e. The Morgan fingerprint density at radius 1 is 0.569 bits per heavy atom. The van der Waals surface area contributed by atoms with Gasteiger partial charge in [0.1, 0.15) is 11.6 Å². The van der Waals surface area contributed by atoms with Gasteiger partial charge in [0.2, 0.25) is 0 Å². The first-order chi connectivity index (χ1) is 30.8. The summed E-state index contributed by atoms with van der Waals surface area (Å²) in [4.78, 5) is 10.6. The van der Waals surface area contributed by atoms with E-state index < -0.39 is 11.8 Å². The van der Waals surface area contributed by atoms with Crippen molar-refractivity contribution in [2.75, 3.05) is 0 Å². The number of hydrogen-bond acceptors (Lipinski definition) is 3. The van der Waals surface area contributed by atoms with Crippen LogP contribution in [0.1, 0.15) is 132 Å². The van der Waals surface area contributed by atoms with E-state index in [1.165, 1.54) is 0 Å². The van der Waals surface area contributed by atoms with Crippen molar-refractivity contribution in [3.63, 3.8) is 0 Å². The quantitative estimate of drug-likeness (QED) is 0.154. The third-order valence-electron chi connectivity index (χ3n) is 12.5. The van der Waals surface area contributed by atoms with Gasteiger partial charge < -0.3 is 5.11 Å². The van der Waals surface area contributed by atoms with E-state index in [0.29, 0.717) is 11.4 Å². The minimum Gasteiger partial charge on any atom is -0.507 e. The van der Waals surface area contributed by atoms with Crippen molar-refractivity contribution < 1.29 is 28.9 Å². The molecule has 0 saturated heterocycles. The zero-order valence-electron chi connectivity index (χ0n) is 42.3. The van der Waals surface area contributed by atoms with Gasteiger partial charge in [-0.25, -0.2) is 4.98 Å². The fourth-order valence-corrected chi connectivity index (χ4v) is 8.48. The summed E-state index contributed by atoms with van der Waals surface area (Å²) in [7, 11) is 0. The summed E-state index contributed by atoms with van der Waals surface area (Å²) >= 11 is 0. The molecule has 0 amide bonds. The molecular weight excluding hydrogens is 974 g/mol. The molecule has 0 aliphatic carbocycles. The van der Waals surface area contributed by atoms with E-state index in [2.05, 4.69) is 164 Å². The molecule has 5 heteroatoms. The van der Waals surface area contributed by atoms with Crippen LogP contribution in [0.15, 0.2) is 134 Å². The summed E-state index contributed by atoms with van der Waals surface area (Å²) in [5.41, 5.74) is 15.0. The molecule has 0 bridgehead atoms. The maximum Gasteiger partial charge on any atom is 0.148 e. The molecule has 0 spiro atoms. The van der Waals surface area contributed by atoms with Crippen LogP contribution in [0.25, 0.3) is 72.7 Å². The van der Waals surface area contributed by atoms with Gasteiger partial charge in [0.15, 0.2) is 0 Å². The Hall–Kier alpha value is -5.57. The molecule has 8 aromatic rings. The van der Waals surface area contributed by atoms with E-state index in [4.69, 9.17) is 12.7 Å². The molecular formula is C60H64N3OPt-. The van der Waals surface area contributed by atoms with Crippen LogP contribution in [-0.4, -0.2) is 19.6 Å². The van der Waals surface area contributed by atoms with Crippen molar-refractivity contribution in [2.45, 2.75) is 118 Å². The number of phenolic OH excluding ortho intramolecular Hbond substituents is 1. The first-order valence-electron chi connectivity index (χ1n) is 23.5. The molecule has 65 heavy (non-hydrogen) atoms. The molecule has 4 nitrogen and oxygen atoms in total. The van der Waals surface area contributed by atoms with Crippen molar-refractivity contribution in [3.05, 3.63) is 167 Å². The molecule has 0 saturated carbocycles. The van der Waals surface area contributed by atoms with Gasteiger partial charge in [0, 0.05) is 46.8 Å². The standard InChI is InChI=1S/C60H64N3O.Pt/c1-37(2)39-22-24-40(25-23-39)43-28-29-61-52(34-43)45-30-44(31-46(32-45)58(5,6)7)48-20-17-21-54-55(48)62-57(50-35-47(59(8,9)10)36-51(56(50)64)60(11,12)13)63(54)53-27-26-42(38(3)4)33-49(53)41-18-15-14-16-19-41;/h14-29,31-38,64H,1-13H3;/q-1;/i37D,38D;. The van der Waals surface area contributed by atoms with E-state index in [9.17, 15) is 5.11 Å². The number of hydrogen-bond donors (Lipinski definition) is 1. The Morgan fingerprint density at radius 3 is 1.83 bits per heavy atom. The van der Waals surface area contributed by atoms with Crippen LogP contribution in [0.3, 0.4) is 0 Å². The van der Waals surface area contributed by atoms with Gasteiger partial charge >= 0.3 is 0 Å². The minimum atomic E-state index is -0.833. The van der Waals surface area contributed by atoms with Crippen LogP contribution in [-0.2, 0) is 37.3 Å². The fraction of sp³-hybridized carbons (Fsp3) is 0.300. The first kappa shape index (κ1) is 44.6.